The number of hydrogen-bond donors (Lipinski definition) is 2. The molecule has 0 aliphatic carbocycles. The molecule has 0 saturated carbocycles. The molecule has 0 spiro atoms. The van der Waals surface area contributed by atoms with E-state index in [1.807, 2.05) is 0 Å². The summed E-state index contributed by atoms with van der Waals surface area (Å²) in [7, 11) is 0. The van der Waals surface area contributed by atoms with Gasteiger partial charge in [0.25, 0.3) is 0 Å². The Balaban J connectivity index is 0.000000355. The maximum absolute atomic E-state index is 13.1. The van der Waals surface area contributed by atoms with Crippen LogP contribution in [0.2, 0.25) is 0 Å². The Kier molecular flexibility index (Phi) is 9.27. The average Bonchev–Trinajstić information content (AvgIpc) is 2.66. The maximum Gasteiger partial charge on any atom is 0.464 e. The van der Waals surface area contributed by atoms with Crippen LogP contribution in [0, 0.1) is 13.8 Å². The van der Waals surface area contributed by atoms with Crippen LogP contribution >= 0.6 is 23.5 Å². The fourth-order valence-electron chi connectivity index (χ4n) is 2.01. The summed E-state index contributed by atoms with van der Waals surface area (Å²) in [6.45, 7) is 2.95. The van der Waals surface area contributed by atoms with Crippen molar-refractivity contribution in [1.29, 1.82) is 0 Å². The van der Waals surface area contributed by atoms with E-state index in [4.69, 9.17) is 11.5 Å². The molecule has 0 amide bonds. The third-order valence-electron chi connectivity index (χ3n) is 4.03. The third kappa shape index (κ3) is 7.69. The zero-order chi connectivity index (χ0) is 27.6. The molecule has 0 unspecified atom stereocenters. The van der Waals surface area contributed by atoms with Crippen LogP contribution in [0.1, 0.15) is 11.1 Å². The molecule has 0 fully saturated rings. The van der Waals surface area contributed by atoms with Crippen molar-refractivity contribution < 1.29 is 52.7 Å². The van der Waals surface area contributed by atoms with Crippen LogP contribution in [-0.4, -0.2) is 28.8 Å². The number of nitrogen functional groups attached to an aromatic ring is 2. The number of rotatable bonds is 5. The second-order valence-corrected chi connectivity index (χ2v) is 9.22. The van der Waals surface area contributed by atoms with Gasteiger partial charge in [-0.25, -0.2) is 0 Å². The predicted molar refractivity (Wildman–Crippen MR) is 110 cm³/mol. The van der Waals surface area contributed by atoms with Gasteiger partial charge in [0.05, 0.1) is 0 Å². The van der Waals surface area contributed by atoms with E-state index in [2.05, 4.69) is 0 Å². The highest BCUT2D eigenvalue weighted by Crippen LogP contribution is 2.54. The highest BCUT2D eigenvalue weighted by molar-refractivity contribution is 8.00. The smallest absolute Gasteiger partial charge is 0.399 e. The highest BCUT2D eigenvalue weighted by atomic mass is 32.2. The van der Waals surface area contributed by atoms with Gasteiger partial charge in [-0.15, -0.1) is 0 Å². The fourth-order valence-corrected chi connectivity index (χ4v) is 3.70. The molecule has 0 bridgehead atoms. The van der Waals surface area contributed by atoms with Gasteiger partial charge in [0.15, 0.2) is 0 Å². The minimum absolute atomic E-state index is 0.172. The molecular weight excluding hydrogens is 548 g/mol. The Labute approximate surface area is 199 Å². The lowest BCUT2D eigenvalue weighted by Crippen LogP contribution is -2.49. The number of halogens is 12. The Morgan fingerprint density at radius 1 is 0.543 bits per heavy atom. The summed E-state index contributed by atoms with van der Waals surface area (Å²) in [5, 5.41) is -10.1. The molecule has 4 N–H and O–H groups in total. The molecule has 198 valence electrons. The number of nitrogens with two attached hydrogens (primary N) is 2. The predicted octanol–water partition coefficient (Wildman–Crippen LogP) is 8.28. The topological polar surface area (TPSA) is 52.0 Å². The van der Waals surface area contributed by atoms with Gasteiger partial charge < -0.3 is 11.5 Å². The molecule has 2 aromatic rings. The molecule has 2 nitrogen and oxygen atoms in total. The largest absolute Gasteiger partial charge is 0.464 e. The quantitative estimate of drug-likeness (QED) is 0.218. The van der Waals surface area contributed by atoms with Gasteiger partial charge in [-0.05, 0) is 84.9 Å². The number of thioether (sulfide) groups is 2. The first kappa shape index (κ1) is 30.9. The van der Waals surface area contributed by atoms with E-state index in [9.17, 15) is 52.7 Å². The lowest BCUT2D eigenvalue weighted by molar-refractivity contribution is -0.330. The molecule has 0 radical (unpaired) electrons. The zero-order valence-electron chi connectivity index (χ0n) is 17.5. The van der Waals surface area contributed by atoms with Crippen molar-refractivity contribution in [2.75, 3.05) is 11.5 Å². The molecule has 2 rings (SSSR count). The van der Waals surface area contributed by atoms with Gasteiger partial charge in [-0.1, -0.05) is 0 Å². The third-order valence-corrected chi connectivity index (χ3v) is 6.01. The van der Waals surface area contributed by atoms with Crippen LogP contribution < -0.4 is 11.5 Å². The molecule has 0 saturated heterocycles. The number of hydrogen-bond acceptors (Lipinski definition) is 4. The van der Waals surface area contributed by atoms with Gasteiger partial charge >= 0.3 is 28.8 Å². The lowest BCUT2D eigenvalue weighted by atomic mass is 10.2. The standard InChI is InChI=1S/C10H8F7NS.C9H8F5NS/c1-5-4-6(2-3-7(5)18)19-10(16,17)8(11,12)9(13,14)15;1-5-4-6(2-3-7(5)15)16-9(13,14)8(10,11)12/h2-4H,18H2,1H3;2-4H,15H2,1H3. The van der Waals surface area contributed by atoms with Gasteiger partial charge in [-0.2, -0.15) is 52.7 Å². The maximum atomic E-state index is 13.1. The fraction of sp³-hybridized carbons (Fsp3) is 0.368. The van der Waals surface area contributed by atoms with E-state index in [0.717, 1.165) is 24.3 Å². The van der Waals surface area contributed by atoms with Gasteiger partial charge in [0.1, 0.15) is 0 Å². The Hall–Kier alpha value is -2.10. The summed E-state index contributed by atoms with van der Waals surface area (Å²) in [6.07, 6.45) is -11.9. The normalized spacial score (nSPS) is 13.3. The van der Waals surface area contributed by atoms with Crippen LogP contribution in [0.4, 0.5) is 64.1 Å². The molecule has 0 aromatic heterocycles. The SMILES string of the molecule is Cc1cc(SC(F)(F)C(F)(F)C(F)(F)F)ccc1N.Cc1cc(SC(F)(F)C(F)(F)F)ccc1N. The second kappa shape index (κ2) is 10.5. The van der Waals surface area contributed by atoms with Crippen molar-refractivity contribution in [2.24, 2.45) is 0 Å². The molecule has 0 aliphatic rings. The summed E-state index contributed by atoms with van der Waals surface area (Å²) in [5.74, 6) is -6.13. The Bertz CT molecular complexity index is 1020. The molecule has 0 aliphatic heterocycles. The minimum atomic E-state index is -6.33. The van der Waals surface area contributed by atoms with Gasteiger partial charge in [0.2, 0.25) is 0 Å². The summed E-state index contributed by atoms with van der Waals surface area (Å²) in [4.78, 5) is -0.602. The first-order chi connectivity index (χ1) is 15.5. The first-order valence-corrected chi connectivity index (χ1v) is 10.5. The Morgan fingerprint density at radius 3 is 1.17 bits per heavy atom. The molecule has 16 heteroatoms. The van der Waals surface area contributed by atoms with Crippen LogP contribution in [0.25, 0.3) is 0 Å². The van der Waals surface area contributed by atoms with Gasteiger partial charge in [0, 0.05) is 21.2 Å². The number of alkyl halides is 12. The second-order valence-electron chi connectivity index (χ2n) is 6.84. The Morgan fingerprint density at radius 2 is 0.886 bits per heavy atom. The van der Waals surface area contributed by atoms with Crippen molar-refractivity contribution in [1.82, 2.24) is 0 Å². The van der Waals surface area contributed by atoms with Crippen molar-refractivity contribution in [3.05, 3.63) is 47.5 Å². The summed E-state index contributed by atoms with van der Waals surface area (Å²) >= 11 is -1.39. The number of aryl methyl sites for hydroxylation is 2. The van der Waals surface area contributed by atoms with Crippen molar-refractivity contribution in [3.63, 3.8) is 0 Å². The van der Waals surface area contributed by atoms with Gasteiger partial charge in [-0.3, -0.25) is 0 Å². The van der Waals surface area contributed by atoms with Crippen LogP contribution in [0.3, 0.4) is 0 Å². The highest BCUT2D eigenvalue weighted by Gasteiger charge is 2.73. The van der Waals surface area contributed by atoms with E-state index >= 15 is 0 Å². The first-order valence-electron chi connectivity index (χ1n) is 8.89. The molecule has 0 atom stereocenters. The summed E-state index contributed by atoms with van der Waals surface area (Å²) in [6, 6.07) is 6.74. The van der Waals surface area contributed by atoms with E-state index in [0.29, 0.717) is 16.8 Å². The van der Waals surface area contributed by atoms with Crippen molar-refractivity contribution in [3.8, 4) is 0 Å². The monoisotopic (exact) mass is 564 g/mol. The van der Waals surface area contributed by atoms with Crippen molar-refractivity contribution >= 4 is 34.9 Å². The molecule has 0 heterocycles. The zero-order valence-corrected chi connectivity index (χ0v) is 19.1. The van der Waals surface area contributed by atoms with E-state index in [1.54, 1.807) is 0 Å². The number of benzene rings is 2. The van der Waals surface area contributed by atoms with Crippen LogP contribution in [0.15, 0.2) is 46.2 Å². The summed E-state index contributed by atoms with van der Waals surface area (Å²) in [5.41, 5.74) is 12.1. The lowest BCUT2D eigenvalue weighted by Gasteiger charge is -2.27. The minimum Gasteiger partial charge on any atom is -0.399 e. The van der Waals surface area contributed by atoms with Crippen LogP contribution in [0.5, 0.6) is 0 Å². The molecule has 2 aromatic carbocycles. The van der Waals surface area contributed by atoms with Crippen molar-refractivity contribution in [2.45, 2.75) is 52.4 Å². The summed E-state index contributed by atoms with van der Waals surface area (Å²) < 4.78 is 148. The van der Waals surface area contributed by atoms with Crippen LogP contribution in [-0.2, 0) is 0 Å². The van der Waals surface area contributed by atoms with E-state index in [-0.39, 0.29) is 10.6 Å². The number of anilines is 2. The van der Waals surface area contributed by atoms with E-state index < -0.39 is 57.2 Å². The average molecular weight is 564 g/mol. The van der Waals surface area contributed by atoms with E-state index in [1.165, 1.54) is 26.0 Å². The molecular formula is C19H16F12N2S2. The molecule has 35 heavy (non-hydrogen) atoms.